The zero-order chi connectivity index (χ0) is 17.9. The SMILES string of the molecule is O=C1NC(=S)S/C1=C/c1ccccc1OCc1cccc2ccccc12. The number of hydrogen-bond acceptors (Lipinski definition) is 4. The van der Waals surface area contributed by atoms with Crippen LogP contribution in [0.5, 0.6) is 5.75 Å². The summed E-state index contributed by atoms with van der Waals surface area (Å²) in [6, 6.07) is 22.1. The van der Waals surface area contributed by atoms with Gasteiger partial charge in [-0.15, -0.1) is 0 Å². The van der Waals surface area contributed by atoms with Gasteiger partial charge in [-0.1, -0.05) is 84.6 Å². The summed E-state index contributed by atoms with van der Waals surface area (Å²) >= 11 is 6.31. The van der Waals surface area contributed by atoms with Crippen molar-refractivity contribution < 1.29 is 9.53 Å². The molecule has 1 heterocycles. The molecule has 3 aromatic carbocycles. The van der Waals surface area contributed by atoms with Crippen molar-refractivity contribution in [3.8, 4) is 5.75 Å². The quantitative estimate of drug-likeness (QED) is 0.518. The van der Waals surface area contributed by atoms with Crippen LogP contribution in [0.4, 0.5) is 0 Å². The fourth-order valence-corrected chi connectivity index (χ4v) is 3.90. The van der Waals surface area contributed by atoms with E-state index in [-0.39, 0.29) is 5.91 Å². The maximum Gasteiger partial charge on any atom is 0.263 e. The molecule has 128 valence electrons. The first-order valence-corrected chi connectivity index (χ1v) is 9.36. The minimum absolute atomic E-state index is 0.163. The van der Waals surface area contributed by atoms with Crippen molar-refractivity contribution in [1.29, 1.82) is 0 Å². The third-order valence-corrected chi connectivity index (χ3v) is 5.27. The van der Waals surface area contributed by atoms with E-state index in [1.165, 1.54) is 22.5 Å². The maximum absolute atomic E-state index is 11.9. The molecule has 5 heteroatoms. The number of thiocarbonyl (C=S) groups is 1. The molecule has 0 unspecified atom stereocenters. The van der Waals surface area contributed by atoms with Gasteiger partial charge < -0.3 is 10.1 Å². The molecule has 0 atom stereocenters. The van der Waals surface area contributed by atoms with E-state index in [9.17, 15) is 4.79 Å². The minimum Gasteiger partial charge on any atom is -0.488 e. The number of thioether (sulfide) groups is 1. The molecule has 4 rings (SSSR count). The molecule has 0 bridgehead atoms. The molecule has 1 fully saturated rings. The lowest BCUT2D eigenvalue weighted by Crippen LogP contribution is -2.17. The molecule has 1 aliphatic rings. The van der Waals surface area contributed by atoms with E-state index in [1.54, 1.807) is 0 Å². The Bertz CT molecular complexity index is 1040. The lowest BCUT2D eigenvalue weighted by molar-refractivity contribution is -0.115. The Hall–Kier alpha value is -2.63. The van der Waals surface area contributed by atoms with Gasteiger partial charge in [0.05, 0.1) is 4.91 Å². The summed E-state index contributed by atoms with van der Waals surface area (Å²) in [5.74, 6) is 0.572. The van der Waals surface area contributed by atoms with E-state index in [2.05, 4.69) is 29.6 Å². The third-order valence-electron chi connectivity index (χ3n) is 4.11. The molecule has 0 aromatic heterocycles. The van der Waals surface area contributed by atoms with Crippen LogP contribution in [0.15, 0.2) is 71.6 Å². The number of rotatable bonds is 4. The van der Waals surface area contributed by atoms with Crippen LogP contribution in [0.1, 0.15) is 11.1 Å². The molecule has 0 radical (unpaired) electrons. The van der Waals surface area contributed by atoms with Gasteiger partial charge in [0.1, 0.15) is 16.7 Å². The zero-order valence-corrected chi connectivity index (χ0v) is 15.4. The van der Waals surface area contributed by atoms with Crippen molar-refractivity contribution in [3.05, 3.63) is 82.8 Å². The molecule has 1 saturated heterocycles. The van der Waals surface area contributed by atoms with Crippen LogP contribution in [0, 0.1) is 0 Å². The first-order valence-electron chi connectivity index (χ1n) is 8.14. The van der Waals surface area contributed by atoms with Gasteiger partial charge in [0, 0.05) is 5.56 Å². The Morgan fingerprint density at radius 2 is 1.77 bits per heavy atom. The van der Waals surface area contributed by atoms with Gasteiger partial charge in [0.2, 0.25) is 0 Å². The van der Waals surface area contributed by atoms with Crippen LogP contribution in [-0.4, -0.2) is 10.2 Å². The number of para-hydroxylation sites is 1. The van der Waals surface area contributed by atoms with Gasteiger partial charge in [-0.25, -0.2) is 0 Å². The predicted octanol–water partition coefficient (Wildman–Crippen LogP) is 4.91. The number of hydrogen-bond donors (Lipinski definition) is 1. The largest absolute Gasteiger partial charge is 0.488 e. The van der Waals surface area contributed by atoms with Gasteiger partial charge in [0.25, 0.3) is 5.91 Å². The molecular formula is C21H15NO2S2. The maximum atomic E-state index is 11.9. The molecule has 1 aliphatic heterocycles. The summed E-state index contributed by atoms with van der Waals surface area (Å²) < 4.78 is 6.57. The Kier molecular flexibility index (Phi) is 4.73. The van der Waals surface area contributed by atoms with Crippen molar-refractivity contribution in [2.75, 3.05) is 0 Å². The van der Waals surface area contributed by atoms with Gasteiger partial charge >= 0.3 is 0 Å². The molecule has 3 nitrogen and oxygen atoms in total. The first kappa shape index (κ1) is 16.8. The van der Waals surface area contributed by atoms with Crippen LogP contribution in [-0.2, 0) is 11.4 Å². The number of carbonyl (C=O) groups is 1. The molecule has 26 heavy (non-hydrogen) atoms. The second-order valence-electron chi connectivity index (χ2n) is 5.82. The molecule has 3 aromatic rings. The summed E-state index contributed by atoms with van der Waals surface area (Å²) in [5, 5.41) is 5.00. The van der Waals surface area contributed by atoms with Crippen LogP contribution >= 0.6 is 24.0 Å². The smallest absolute Gasteiger partial charge is 0.263 e. The highest BCUT2D eigenvalue weighted by atomic mass is 32.2. The van der Waals surface area contributed by atoms with E-state index >= 15 is 0 Å². The predicted molar refractivity (Wildman–Crippen MR) is 111 cm³/mol. The highest BCUT2D eigenvalue weighted by Crippen LogP contribution is 2.30. The summed E-state index contributed by atoms with van der Waals surface area (Å²) in [4.78, 5) is 12.5. The van der Waals surface area contributed by atoms with E-state index in [4.69, 9.17) is 17.0 Å². The standard InChI is InChI=1S/C21H15NO2S2/c23-20-19(26-21(25)22-20)12-15-7-2-4-11-18(15)24-13-16-9-5-8-14-6-1-3-10-17(14)16/h1-12H,13H2,(H,22,23,25)/b19-12+. The number of benzene rings is 3. The number of carbonyl (C=O) groups excluding carboxylic acids is 1. The third kappa shape index (κ3) is 3.49. The van der Waals surface area contributed by atoms with E-state index < -0.39 is 0 Å². The van der Waals surface area contributed by atoms with Crippen molar-refractivity contribution in [1.82, 2.24) is 5.32 Å². The number of amides is 1. The Morgan fingerprint density at radius 3 is 2.62 bits per heavy atom. The van der Waals surface area contributed by atoms with Gasteiger partial charge in [-0.2, -0.15) is 0 Å². The van der Waals surface area contributed by atoms with Crippen molar-refractivity contribution in [2.45, 2.75) is 6.61 Å². The second kappa shape index (κ2) is 7.32. The highest BCUT2D eigenvalue weighted by molar-refractivity contribution is 8.26. The summed E-state index contributed by atoms with van der Waals surface area (Å²) in [5.41, 5.74) is 1.98. The average Bonchev–Trinajstić information content (AvgIpc) is 2.98. The molecule has 0 saturated carbocycles. The zero-order valence-electron chi connectivity index (χ0n) is 13.8. The fraction of sp³-hybridized carbons (Fsp3) is 0.0476. The van der Waals surface area contributed by atoms with Gasteiger partial charge in [-0.05, 0) is 28.5 Å². The Balaban J connectivity index is 1.60. The number of ether oxygens (including phenoxy) is 1. The normalized spacial score (nSPS) is 15.5. The monoisotopic (exact) mass is 377 g/mol. The second-order valence-corrected chi connectivity index (χ2v) is 7.54. The van der Waals surface area contributed by atoms with E-state index in [1.807, 2.05) is 48.5 Å². The van der Waals surface area contributed by atoms with Crippen LogP contribution < -0.4 is 10.1 Å². The summed E-state index contributed by atoms with van der Waals surface area (Å²) in [7, 11) is 0. The summed E-state index contributed by atoms with van der Waals surface area (Å²) in [6.07, 6.45) is 1.82. The van der Waals surface area contributed by atoms with E-state index in [0.29, 0.717) is 15.8 Å². The van der Waals surface area contributed by atoms with Crippen molar-refractivity contribution >= 4 is 51.1 Å². The fourth-order valence-electron chi connectivity index (χ4n) is 2.87. The highest BCUT2D eigenvalue weighted by Gasteiger charge is 2.22. The number of fused-ring (bicyclic) bond motifs is 1. The topological polar surface area (TPSA) is 38.3 Å². The molecule has 1 amide bonds. The minimum atomic E-state index is -0.163. The average molecular weight is 377 g/mol. The summed E-state index contributed by atoms with van der Waals surface area (Å²) in [6.45, 7) is 0.458. The number of nitrogens with one attached hydrogen (secondary N) is 1. The van der Waals surface area contributed by atoms with Crippen LogP contribution in [0.3, 0.4) is 0 Å². The van der Waals surface area contributed by atoms with Gasteiger partial charge in [-0.3, -0.25) is 4.79 Å². The molecule has 1 N–H and O–H groups in total. The Labute approximate surface area is 161 Å². The van der Waals surface area contributed by atoms with E-state index in [0.717, 1.165) is 16.9 Å². The Morgan fingerprint density at radius 1 is 1.00 bits per heavy atom. The first-order chi connectivity index (χ1) is 12.7. The molecule has 0 aliphatic carbocycles. The lowest BCUT2D eigenvalue weighted by atomic mass is 10.1. The molecular weight excluding hydrogens is 362 g/mol. The molecule has 0 spiro atoms. The van der Waals surface area contributed by atoms with Crippen molar-refractivity contribution in [2.24, 2.45) is 0 Å². The van der Waals surface area contributed by atoms with Crippen molar-refractivity contribution in [3.63, 3.8) is 0 Å². The lowest BCUT2D eigenvalue weighted by Gasteiger charge is -2.11. The van der Waals surface area contributed by atoms with Crippen LogP contribution in [0.25, 0.3) is 16.8 Å². The van der Waals surface area contributed by atoms with Crippen LogP contribution in [0.2, 0.25) is 0 Å². The van der Waals surface area contributed by atoms with Gasteiger partial charge in [0.15, 0.2) is 0 Å².